The molecule has 19 heteroatoms. The van der Waals surface area contributed by atoms with Gasteiger partial charge in [-0.05, 0) is 43.4 Å². The summed E-state index contributed by atoms with van der Waals surface area (Å²) in [5.41, 5.74) is 0. The molecule has 0 heterocycles. The summed E-state index contributed by atoms with van der Waals surface area (Å²) in [6.07, 6.45) is 57.0. The number of hydrogen-bond acceptors (Lipinski definition) is 15. The number of unbranched alkanes of at least 4 members (excludes halogenated alkanes) is 43. The Bertz CT molecular complexity index is 1910. The number of rotatable bonds is 77. The molecule has 0 rings (SSSR count). The van der Waals surface area contributed by atoms with Crippen LogP contribution in [0.1, 0.15) is 408 Å². The molecule has 0 aliphatic carbocycles. The number of phosphoric ester groups is 2. The number of esters is 4. The topological polar surface area (TPSA) is 237 Å². The lowest BCUT2D eigenvalue weighted by atomic mass is 9.99. The van der Waals surface area contributed by atoms with Gasteiger partial charge in [0, 0.05) is 25.7 Å². The molecule has 3 N–H and O–H groups in total. The molecule has 0 radical (unpaired) electrons. The second-order valence-electron chi connectivity index (χ2n) is 29.4. The molecule has 0 saturated carbocycles. The summed E-state index contributed by atoms with van der Waals surface area (Å²) in [6.45, 7) is 11.9. The smallest absolute Gasteiger partial charge is 0.462 e. The monoisotopic (exact) mass is 1440 g/mol. The summed E-state index contributed by atoms with van der Waals surface area (Å²) in [7, 11) is -9.91. The molecule has 0 aliphatic rings. The molecule has 0 aromatic rings. The summed E-state index contributed by atoms with van der Waals surface area (Å²) >= 11 is 0. The fraction of sp³-hybridized carbons (Fsp3) is 0.949. The average Bonchev–Trinajstić information content (AvgIpc) is 1.10. The van der Waals surface area contributed by atoms with Gasteiger partial charge in [-0.3, -0.25) is 37.3 Å². The molecule has 0 fully saturated rings. The van der Waals surface area contributed by atoms with Gasteiger partial charge in [0.15, 0.2) is 12.2 Å². The standard InChI is InChI=1S/C79H154O17P2/c1-8-11-12-13-14-31-38-46-53-60-76(81)89-67-75(96-79(84)63-56-49-42-41-45-52-59-72(7)10-3)69-94-98(87,88)92-65-73(80)64-91-97(85,86)93-68-74(66-90-77(82)61-54-47-39-34-29-25-22-21-24-28-33-37-44-51-58-71(6)9-2)95-78(83)62-55-48-40-35-30-26-20-18-16-15-17-19-23-27-32-36-43-50-57-70(4)5/h70-75,80H,8-69H2,1-7H3,(H,85,86)(H,87,88)/t71?,72?,73-,74-,75-/m1/s1. The third-order valence-electron chi connectivity index (χ3n) is 19.1. The van der Waals surface area contributed by atoms with E-state index in [1.54, 1.807) is 0 Å². The molecule has 4 unspecified atom stereocenters. The number of carbonyl (C=O) groups is 4. The van der Waals surface area contributed by atoms with E-state index in [-0.39, 0.29) is 25.7 Å². The Morgan fingerprint density at radius 1 is 0.296 bits per heavy atom. The summed E-state index contributed by atoms with van der Waals surface area (Å²) in [5, 5.41) is 10.6. The van der Waals surface area contributed by atoms with Crippen molar-refractivity contribution in [2.75, 3.05) is 39.6 Å². The SMILES string of the molecule is CCCCCCCCCCCC(=O)OC[C@H](COP(=O)(O)OC[C@H](O)COP(=O)(O)OC[C@@H](COC(=O)CCCCCCCCCCCCCCCCC(C)CC)OC(=O)CCCCCCCCCCCCCCCCCCCCC(C)C)OC(=O)CCCCCCCCC(C)CC. The first-order valence-corrected chi connectivity index (χ1v) is 43.9. The normalized spacial score (nSPS) is 14.6. The molecule has 7 atom stereocenters. The molecule has 0 amide bonds. The van der Waals surface area contributed by atoms with Crippen LogP contribution in [0.25, 0.3) is 0 Å². The fourth-order valence-corrected chi connectivity index (χ4v) is 13.6. The lowest BCUT2D eigenvalue weighted by Crippen LogP contribution is -2.30. The van der Waals surface area contributed by atoms with Crippen LogP contribution >= 0.6 is 15.6 Å². The van der Waals surface area contributed by atoms with E-state index in [1.165, 1.54) is 218 Å². The van der Waals surface area contributed by atoms with Crippen LogP contribution in [0.5, 0.6) is 0 Å². The van der Waals surface area contributed by atoms with E-state index in [2.05, 4.69) is 48.5 Å². The van der Waals surface area contributed by atoms with Crippen LogP contribution in [0.2, 0.25) is 0 Å². The van der Waals surface area contributed by atoms with E-state index in [1.807, 2.05) is 0 Å². The summed E-state index contributed by atoms with van der Waals surface area (Å²) in [6, 6.07) is 0. The average molecular weight is 1440 g/mol. The van der Waals surface area contributed by atoms with Gasteiger partial charge >= 0.3 is 39.5 Å². The zero-order valence-electron chi connectivity index (χ0n) is 64.3. The van der Waals surface area contributed by atoms with Gasteiger partial charge < -0.3 is 33.8 Å². The molecular formula is C79H154O17P2. The highest BCUT2D eigenvalue weighted by molar-refractivity contribution is 7.47. The first-order valence-electron chi connectivity index (χ1n) is 40.9. The molecule has 0 aromatic carbocycles. The predicted octanol–water partition coefficient (Wildman–Crippen LogP) is 23.4. The molecule has 17 nitrogen and oxygen atoms in total. The second-order valence-corrected chi connectivity index (χ2v) is 32.3. The van der Waals surface area contributed by atoms with Crippen LogP contribution in [0.4, 0.5) is 0 Å². The van der Waals surface area contributed by atoms with Gasteiger partial charge in [0.25, 0.3) is 0 Å². The number of carbonyl (C=O) groups excluding carboxylic acids is 4. The van der Waals surface area contributed by atoms with E-state index < -0.39 is 97.5 Å². The van der Waals surface area contributed by atoms with Gasteiger partial charge in [0.05, 0.1) is 26.4 Å². The summed E-state index contributed by atoms with van der Waals surface area (Å²) in [5.74, 6) is 0.272. The Morgan fingerprint density at radius 3 is 0.776 bits per heavy atom. The summed E-state index contributed by atoms with van der Waals surface area (Å²) in [4.78, 5) is 72.8. The van der Waals surface area contributed by atoms with E-state index in [0.29, 0.717) is 25.7 Å². The number of hydrogen-bond donors (Lipinski definition) is 3. The highest BCUT2D eigenvalue weighted by atomic mass is 31.2. The Balaban J connectivity index is 5.19. The first kappa shape index (κ1) is 96.1. The van der Waals surface area contributed by atoms with Crippen LogP contribution in [0.3, 0.4) is 0 Å². The minimum atomic E-state index is -4.96. The van der Waals surface area contributed by atoms with Crippen molar-refractivity contribution in [1.82, 2.24) is 0 Å². The van der Waals surface area contributed by atoms with E-state index >= 15 is 0 Å². The molecule has 0 aliphatic heterocycles. The number of aliphatic hydroxyl groups excluding tert-OH is 1. The molecule has 582 valence electrons. The van der Waals surface area contributed by atoms with E-state index in [0.717, 1.165) is 108 Å². The molecule has 0 spiro atoms. The maximum absolute atomic E-state index is 13.1. The van der Waals surface area contributed by atoms with Crippen molar-refractivity contribution >= 4 is 39.5 Å². The molecule has 0 aromatic heterocycles. The molecule has 98 heavy (non-hydrogen) atoms. The first-order chi connectivity index (χ1) is 47.3. The van der Waals surface area contributed by atoms with Crippen LogP contribution in [0, 0.1) is 17.8 Å². The van der Waals surface area contributed by atoms with Gasteiger partial charge in [-0.15, -0.1) is 0 Å². The zero-order chi connectivity index (χ0) is 72.3. The van der Waals surface area contributed by atoms with E-state index in [9.17, 15) is 43.2 Å². The van der Waals surface area contributed by atoms with Crippen LogP contribution < -0.4 is 0 Å². The Kier molecular flexibility index (Phi) is 68.1. The second kappa shape index (κ2) is 69.4. The minimum Gasteiger partial charge on any atom is -0.462 e. The fourth-order valence-electron chi connectivity index (χ4n) is 12.1. The zero-order valence-corrected chi connectivity index (χ0v) is 66.0. The molecule has 0 bridgehead atoms. The van der Waals surface area contributed by atoms with Crippen LogP contribution in [0.15, 0.2) is 0 Å². The number of ether oxygens (including phenoxy) is 4. The van der Waals surface area contributed by atoms with Gasteiger partial charge in [-0.25, -0.2) is 9.13 Å². The third-order valence-corrected chi connectivity index (χ3v) is 21.0. The van der Waals surface area contributed by atoms with Crippen molar-refractivity contribution in [3.8, 4) is 0 Å². The van der Waals surface area contributed by atoms with Crippen molar-refractivity contribution < 1.29 is 80.2 Å². The van der Waals surface area contributed by atoms with Crippen molar-refractivity contribution in [3.05, 3.63) is 0 Å². The lowest BCUT2D eigenvalue weighted by Gasteiger charge is -2.21. The van der Waals surface area contributed by atoms with Crippen molar-refractivity contribution in [3.63, 3.8) is 0 Å². The van der Waals surface area contributed by atoms with Crippen LogP contribution in [-0.2, 0) is 65.4 Å². The van der Waals surface area contributed by atoms with Crippen molar-refractivity contribution in [1.29, 1.82) is 0 Å². The van der Waals surface area contributed by atoms with Gasteiger partial charge in [-0.1, -0.05) is 357 Å². The lowest BCUT2D eigenvalue weighted by molar-refractivity contribution is -0.161. The van der Waals surface area contributed by atoms with Gasteiger partial charge in [0.2, 0.25) is 0 Å². The Morgan fingerprint density at radius 2 is 0.520 bits per heavy atom. The number of phosphoric acid groups is 2. The highest BCUT2D eigenvalue weighted by Gasteiger charge is 2.30. The predicted molar refractivity (Wildman–Crippen MR) is 400 cm³/mol. The van der Waals surface area contributed by atoms with Gasteiger partial charge in [-0.2, -0.15) is 0 Å². The Hall–Kier alpha value is -1.94. The quantitative estimate of drug-likeness (QED) is 0.0222. The van der Waals surface area contributed by atoms with Crippen molar-refractivity contribution in [2.24, 2.45) is 17.8 Å². The molecule has 0 saturated heterocycles. The maximum atomic E-state index is 13.1. The van der Waals surface area contributed by atoms with E-state index in [4.69, 9.17) is 37.0 Å². The highest BCUT2D eigenvalue weighted by Crippen LogP contribution is 2.45. The number of aliphatic hydroxyl groups is 1. The summed E-state index contributed by atoms with van der Waals surface area (Å²) < 4.78 is 68.5. The minimum absolute atomic E-state index is 0.103. The third kappa shape index (κ3) is 69.8. The maximum Gasteiger partial charge on any atom is 0.472 e. The largest absolute Gasteiger partial charge is 0.472 e. The van der Waals surface area contributed by atoms with Crippen molar-refractivity contribution in [2.45, 2.75) is 426 Å². The van der Waals surface area contributed by atoms with Crippen LogP contribution in [-0.4, -0.2) is 96.7 Å². The Labute approximate surface area is 600 Å². The molecular weight excluding hydrogens is 1280 g/mol. The van der Waals surface area contributed by atoms with Gasteiger partial charge in [0.1, 0.15) is 19.3 Å².